The molecule has 1 amide bonds. The lowest BCUT2D eigenvalue weighted by Crippen LogP contribution is -2.33. The second kappa shape index (κ2) is 9.03. The topological polar surface area (TPSA) is 50.4 Å². The highest BCUT2D eigenvalue weighted by molar-refractivity contribution is 6.30. The number of hydrogen-bond acceptors (Lipinski definition) is 3. The Morgan fingerprint density at radius 3 is 2.71 bits per heavy atom. The molecule has 0 saturated carbocycles. The number of rotatable bonds is 7. The predicted molar refractivity (Wildman–Crippen MR) is 84.6 cm³/mol. The van der Waals surface area contributed by atoms with Gasteiger partial charge in [-0.05, 0) is 50.0 Å². The van der Waals surface area contributed by atoms with E-state index in [0.29, 0.717) is 30.7 Å². The van der Waals surface area contributed by atoms with Crippen molar-refractivity contribution in [3.8, 4) is 0 Å². The predicted octanol–water partition coefficient (Wildman–Crippen LogP) is 2.16. The molecule has 21 heavy (non-hydrogen) atoms. The van der Waals surface area contributed by atoms with Crippen LogP contribution in [0, 0.1) is 0 Å². The van der Waals surface area contributed by atoms with Crippen LogP contribution >= 0.6 is 11.6 Å². The fraction of sp³-hybridized carbons (Fsp3) is 0.562. The molecule has 0 unspecified atom stereocenters. The molecule has 5 heteroatoms. The van der Waals surface area contributed by atoms with Crippen molar-refractivity contribution in [3.63, 3.8) is 0 Å². The van der Waals surface area contributed by atoms with E-state index in [1.54, 1.807) is 12.1 Å². The molecule has 1 aromatic rings. The van der Waals surface area contributed by atoms with Gasteiger partial charge in [0.1, 0.15) is 0 Å². The van der Waals surface area contributed by atoms with E-state index in [-0.39, 0.29) is 5.91 Å². The summed E-state index contributed by atoms with van der Waals surface area (Å²) in [7, 11) is 0. The number of piperidine rings is 1. The van der Waals surface area contributed by atoms with Crippen molar-refractivity contribution in [2.75, 3.05) is 26.2 Å². The van der Waals surface area contributed by atoms with E-state index in [4.69, 9.17) is 16.3 Å². The zero-order valence-corrected chi connectivity index (χ0v) is 13.0. The van der Waals surface area contributed by atoms with Gasteiger partial charge in [0.15, 0.2) is 0 Å². The summed E-state index contributed by atoms with van der Waals surface area (Å²) < 4.78 is 5.79. The van der Waals surface area contributed by atoms with Gasteiger partial charge in [-0.2, -0.15) is 0 Å². The van der Waals surface area contributed by atoms with Gasteiger partial charge < -0.3 is 15.4 Å². The molecule has 0 atom stereocenters. The summed E-state index contributed by atoms with van der Waals surface area (Å²) in [5.41, 5.74) is 0.975. The van der Waals surface area contributed by atoms with E-state index in [1.807, 2.05) is 12.1 Å². The molecule has 1 aliphatic heterocycles. The minimum atomic E-state index is 0.0409. The summed E-state index contributed by atoms with van der Waals surface area (Å²) in [6.07, 6.45) is 3.81. The fourth-order valence-electron chi connectivity index (χ4n) is 2.36. The SMILES string of the molecule is O=C(Cc1ccc(Cl)cc1)NCCCOC1CCNCC1. The average molecular weight is 311 g/mol. The number of carbonyl (C=O) groups is 1. The second-order valence-corrected chi connectivity index (χ2v) is 5.76. The van der Waals surface area contributed by atoms with E-state index < -0.39 is 0 Å². The summed E-state index contributed by atoms with van der Waals surface area (Å²) in [5, 5.41) is 6.92. The largest absolute Gasteiger partial charge is 0.378 e. The molecular weight excluding hydrogens is 288 g/mol. The number of halogens is 1. The highest BCUT2D eigenvalue weighted by Gasteiger charge is 2.12. The Morgan fingerprint density at radius 1 is 1.29 bits per heavy atom. The first-order valence-corrected chi connectivity index (χ1v) is 7.95. The lowest BCUT2D eigenvalue weighted by molar-refractivity contribution is -0.120. The Bertz CT molecular complexity index is 430. The van der Waals surface area contributed by atoms with E-state index in [2.05, 4.69) is 10.6 Å². The normalized spacial score (nSPS) is 15.9. The van der Waals surface area contributed by atoms with Gasteiger partial charge >= 0.3 is 0 Å². The maximum atomic E-state index is 11.8. The van der Waals surface area contributed by atoms with Gasteiger partial charge in [0.2, 0.25) is 5.91 Å². The van der Waals surface area contributed by atoms with Gasteiger partial charge in [0, 0.05) is 18.2 Å². The van der Waals surface area contributed by atoms with Crippen LogP contribution < -0.4 is 10.6 Å². The van der Waals surface area contributed by atoms with E-state index in [9.17, 15) is 4.79 Å². The molecule has 1 aromatic carbocycles. The molecule has 0 aromatic heterocycles. The Balaban J connectivity index is 1.53. The van der Waals surface area contributed by atoms with E-state index in [1.165, 1.54) is 0 Å². The van der Waals surface area contributed by atoms with Crippen LogP contribution in [0.2, 0.25) is 5.02 Å². The Labute approximate surface area is 131 Å². The standard InChI is InChI=1S/C16H23ClN2O2/c17-14-4-2-13(3-5-14)12-16(20)19-8-1-11-21-15-6-9-18-10-7-15/h2-5,15,18H,1,6-12H2,(H,19,20). The lowest BCUT2D eigenvalue weighted by atomic mass is 10.1. The fourth-order valence-corrected chi connectivity index (χ4v) is 2.49. The highest BCUT2D eigenvalue weighted by Crippen LogP contribution is 2.10. The van der Waals surface area contributed by atoms with Crippen LogP contribution in [0.5, 0.6) is 0 Å². The molecule has 1 aliphatic rings. The molecule has 0 bridgehead atoms. The van der Waals surface area contributed by atoms with Crippen molar-refractivity contribution >= 4 is 17.5 Å². The first kappa shape index (κ1) is 16.3. The molecule has 1 heterocycles. The van der Waals surface area contributed by atoms with Gasteiger partial charge in [0.05, 0.1) is 12.5 Å². The van der Waals surface area contributed by atoms with Crippen LogP contribution in [0.1, 0.15) is 24.8 Å². The average Bonchev–Trinajstić information content (AvgIpc) is 2.50. The van der Waals surface area contributed by atoms with Crippen molar-refractivity contribution in [2.45, 2.75) is 31.8 Å². The third kappa shape index (κ3) is 6.46. The van der Waals surface area contributed by atoms with Gasteiger partial charge in [-0.25, -0.2) is 0 Å². The van der Waals surface area contributed by atoms with Crippen LogP contribution in [0.25, 0.3) is 0 Å². The third-order valence-electron chi connectivity index (χ3n) is 3.56. The summed E-state index contributed by atoms with van der Waals surface area (Å²) >= 11 is 5.81. The Kier molecular flexibility index (Phi) is 7.00. The van der Waals surface area contributed by atoms with Gasteiger partial charge in [0.25, 0.3) is 0 Å². The molecule has 4 nitrogen and oxygen atoms in total. The monoisotopic (exact) mass is 310 g/mol. The van der Waals surface area contributed by atoms with Crippen LogP contribution in [0.15, 0.2) is 24.3 Å². The van der Waals surface area contributed by atoms with Gasteiger partial charge in [-0.15, -0.1) is 0 Å². The number of benzene rings is 1. The van der Waals surface area contributed by atoms with Crippen molar-refractivity contribution in [1.82, 2.24) is 10.6 Å². The minimum absolute atomic E-state index is 0.0409. The Hall–Kier alpha value is -1.10. The molecule has 0 spiro atoms. The van der Waals surface area contributed by atoms with Crippen LogP contribution in [-0.2, 0) is 16.0 Å². The molecule has 2 N–H and O–H groups in total. The summed E-state index contributed by atoms with van der Waals surface area (Å²) in [6, 6.07) is 7.36. The molecule has 0 radical (unpaired) electrons. The summed E-state index contributed by atoms with van der Waals surface area (Å²) in [5.74, 6) is 0.0409. The highest BCUT2D eigenvalue weighted by atomic mass is 35.5. The number of ether oxygens (including phenoxy) is 1. The maximum Gasteiger partial charge on any atom is 0.224 e. The molecule has 2 rings (SSSR count). The van der Waals surface area contributed by atoms with Crippen molar-refractivity contribution in [2.24, 2.45) is 0 Å². The molecule has 1 fully saturated rings. The second-order valence-electron chi connectivity index (χ2n) is 5.33. The van der Waals surface area contributed by atoms with Crippen molar-refractivity contribution in [3.05, 3.63) is 34.9 Å². The zero-order chi connectivity index (χ0) is 14.9. The third-order valence-corrected chi connectivity index (χ3v) is 3.81. The smallest absolute Gasteiger partial charge is 0.224 e. The lowest BCUT2D eigenvalue weighted by Gasteiger charge is -2.22. The number of nitrogens with one attached hydrogen (secondary N) is 2. The number of hydrogen-bond donors (Lipinski definition) is 2. The first-order chi connectivity index (χ1) is 10.2. The van der Waals surface area contributed by atoms with Crippen molar-refractivity contribution < 1.29 is 9.53 Å². The van der Waals surface area contributed by atoms with E-state index in [0.717, 1.165) is 37.9 Å². The maximum absolute atomic E-state index is 11.8. The van der Waals surface area contributed by atoms with Crippen LogP contribution in [-0.4, -0.2) is 38.3 Å². The molecular formula is C16H23ClN2O2. The van der Waals surface area contributed by atoms with Crippen LogP contribution in [0.4, 0.5) is 0 Å². The minimum Gasteiger partial charge on any atom is -0.378 e. The summed E-state index contributed by atoms with van der Waals surface area (Å²) in [6.45, 7) is 3.47. The summed E-state index contributed by atoms with van der Waals surface area (Å²) in [4.78, 5) is 11.8. The molecule has 116 valence electrons. The van der Waals surface area contributed by atoms with Gasteiger partial charge in [-0.1, -0.05) is 23.7 Å². The quantitative estimate of drug-likeness (QED) is 0.759. The van der Waals surface area contributed by atoms with E-state index >= 15 is 0 Å². The molecule has 1 saturated heterocycles. The zero-order valence-electron chi connectivity index (χ0n) is 12.2. The Morgan fingerprint density at radius 2 is 2.00 bits per heavy atom. The van der Waals surface area contributed by atoms with Gasteiger partial charge in [-0.3, -0.25) is 4.79 Å². The molecule has 0 aliphatic carbocycles. The van der Waals surface area contributed by atoms with Crippen LogP contribution in [0.3, 0.4) is 0 Å². The van der Waals surface area contributed by atoms with Crippen molar-refractivity contribution in [1.29, 1.82) is 0 Å². The first-order valence-electron chi connectivity index (χ1n) is 7.57. The number of carbonyl (C=O) groups excluding carboxylic acids is 1. The number of amides is 1.